The highest BCUT2D eigenvalue weighted by atomic mass is 19.1. The number of carboxylic acid groups (broad SMARTS) is 1. The first-order chi connectivity index (χ1) is 18.9. The van der Waals surface area contributed by atoms with Gasteiger partial charge in [0.2, 0.25) is 0 Å². The molecule has 0 aliphatic rings. The molecule has 1 amide bonds. The van der Waals surface area contributed by atoms with Crippen LogP contribution in [0.1, 0.15) is 73.4 Å². The summed E-state index contributed by atoms with van der Waals surface area (Å²) in [4.78, 5) is 24.7. The lowest BCUT2D eigenvalue weighted by atomic mass is 10.0. The Kier molecular flexibility index (Phi) is 8.33. The molecule has 1 atom stereocenters. The first-order valence-corrected chi connectivity index (χ1v) is 13.5. The van der Waals surface area contributed by atoms with Gasteiger partial charge in [0.05, 0.1) is 6.04 Å². The van der Waals surface area contributed by atoms with Gasteiger partial charge >= 0.3 is 5.97 Å². The Morgan fingerprint density at radius 3 is 2.38 bits per heavy atom. The Morgan fingerprint density at radius 2 is 1.73 bits per heavy atom. The predicted octanol–water partition coefficient (Wildman–Crippen LogP) is 7.07. The second kappa shape index (κ2) is 11.5. The van der Waals surface area contributed by atoms with Gasteiger partial charge < -0.3 is 19.7 Å². The average molecular weight is 545 g/mol. The summed E-state index contributed by atoms with van der Waals surface area (Å²) in [5.41, 5.74) is 4.31. The summed E-state index contributed by atoms with van der Waals surface area (Å²) in [6.07, 6.45) is 0.630. The van der Waals surface area contributed by atoms with Crippen molar-refractivity contribution in [3.63, 3.8) is 0 Å². The molecule has 1 aromatic heterocycles. The van der Waals surface area contributed by atoms with E-state index in [9.17, 15) is 19.1 Å². The van der Waals surface area contributed by atoms with Gasteiger partial charge in [-0.15, -0.1) is 0 Å². The van der Waals surface area contributed by atoms with Gasteiger partial charge in [0.15, 0.2) is 5.60 Å². The minimum atomic E-state index is -1.34. The van der Waals surface area contributed by atoms with E-state index in [2.05, 4.69) is 30.7 Å². The molecular formula is C33H37FN2O4. The molecule has 0 fully saturated rings. The molecule has 6 nitrogen and oxygen atoms in total. The molecule has 0 spiro atoms. The highest BCUT2D eigenvalue weighted by Gasteiger charge is 2.29. The van der Waals surface area contributed by atoms with Gasteiger partial charge in [-0.2, -0.15) is 0 Å². The predicted molar refractivity (Wildman–Crippen MR) is 155 cm³/mol. The third-order valence-electron chi connectivity index (χ3n) is 7.15. The number of ether oxygens (including phenoxy) is 1. The normalized spacial score (nSPS) is 12.5. The lowest BCUT2D eigenvalue weighted by Crippen LogP contribution is -2.37. The number of halogens is 1. The van der Waals surface area contributed by atoms with E-state index in [4.69, 9.17) is 4.74 Å². The van der Waals surface area contributed by atoms with Gasteiger partial charge in [0, 0.05) is 28.7 Å². The summed E-state index contributed by atoms with van der Waals surface area (Å²) in [6.45, 7) is 12.2. The van der Waals surface area contributed by atoms with Crippen molar-refractivity contribution in [3.05, 3.63) is 100 Å². The number of hydrogen-bond acceptors (Lipinski definition) is 3. The molecule has 210 valence electrons. The van der Waals surface area contributed by atoms with Crippen LogP contribution in [0.25, 0.3) is 10.9 Å². The molecule has 4 rings (SSSR count). The first-order valence-electron chi connectivity index (χ1n) is 13.5. The minimum absolute atomic E-state index is 0.193. The van der Waals surface area contributed by atoms with Crippen molar-refractivity contribution in [3.8, 4) is 5.75 Å². The second-order valence-corrected chi connectivity index (χ2v) is 11.3. The van der Waals surface area contributed by atoms with Crippen molar-refractivity contribution in [1.82, 2.24) is 9.88 Å². The molecule has 7 heteroatoms. The van der Waals surface area contributed by atoms with E-state index in [-0.39, 0.29) is 17.8 Å². The third-order valence-corrected chi connectivity index (χ3v) is 7.15. The third kappa shape index (κ3) is 6.36. The van der Waals surface area contributed by atoms with Gasteiger partial charge in [0.25, 0.3) is 5.91 Å². The standard InChI is InChI=1S/C33H37FN2O4/c1-20(2)19-36-22(4)29(17-23-8-7-9-27(16-23)40-33(5,6)32(38)39)28-15-12-25(18-30(28)36)31(37)35-21(3)24-10-13-26(34)14-11-24/h7-16,18,20-21H,17,19H2,1-6H3,(H,35,37)(H,38,39)/t21-/m0/s1. The zero-order valence-corrected chi connectivity index (χ0v) is 23.9. The van der Waals surface area contributed by atoms with Crippen LogP contribution in [0.5, 0.6) is 5.75 Å². The summed E-state index contributed by atoms with van der Waals surface area (Å²) >= 11 is 0. The molecule has 4 aromatic rings. The monoisotopic (exact) mass is 544 g/mol. The smallest absolute Gasteiger partial charge is 0.347 e. The van der Waals surface area contributed by atoms with Gasteiger partial charge in [-0.05, 0) is 93.1 Å². The molecule has 0 saturated carbocycles. The molecule has 0 aliphatic carbocycles. The Balaban J connectivity index is 1.66. The molecule has 3 aromatic carbocycles. The minimum Gasteiger partial charge on any atom is -0.478 e. The van der Waals surface area contributed by atoms with E-state index < -0.39 is 11.6 Å². The number of fused-ring (bicyclic) bond motifs is 1. The van der Waals surface area contributed by atoms with Crippen LogP contribution in [0.3, 0.4) is 0 Å². The van der Waals surface area contributed by atoms with E-state index in [0.717, 1.165) is 39.8 Å². The van der Waals surface area contributed by atoms with Crippen molar-refractivity contribution in [2.75, 3.05) is 0 Å². The molecule has 2 N–H and O–H groups in total. The summed E-state index contributed by atoms with van der Waals surface area (Å²) in [6, 6.07) is 19.2. The molecule has 0 bridgehead atoms. The topological polar surface area (TPSA) is 80.6 Å². The van der Waals surface area contributed by atoms with Crippen molar-refractivity contribution < 1.29 is 23.8 Å². The van der Waals surface area contributed by atoms with E-state index in [1.807, 2.05) is 43.3 Å². The number of carbonyl (C=O) groups excluding carboxylic acids is 1. The van der Waals surface area contributed by atoms with Crippen LogP contribution in [0.2, 0.25) is 0 Å². The number of nitrogens with one attached hydrogen (secondary N) is 1. The zero-order chi connectivity index (χ0) is 29.2. The second-order valence-electron chi connectivity index (χ2n) is 11.3. The Bertz CT molecular complexity index is 1540. The maximum absolute atomic E-state index is 13.3. The molecule has 0 unspecified atom stereocenters. The molecule has 1 heterocycles. The summed E-state index contributed by atoms with van der Waals surface area (Å²) in [5.74, 6) is -0.637. The summed E-state index contributed by atoms with van der Waals surface area (Å²) in [5, 5.41) is 13.5. The van der Waals surface area contributed by atoms with Crippen LogP contribution in [0, 0.1) is 18.7 Å². The zero-order valence-electron chi connectivity index (χ0n) is 23.9. The number of hydrogen-bond donors (Lipinski definition) is 2. The van der Waals surface area contributed by atoms with Crippen molar-refractivity contribution in [2.45, 2.75) is 66.2 Å². The fourth-order valence-electron chi connectivity index (χ4n) is 4.89. The van der Waals surface area contributed by atoms with E-state index >= 15 is 0 Å². The molecule has 0 radical (unpaired) electrons. The number of amides is 1. The van der Waals surface area contributed by atoms with Gasteiger partial charge in [-0.1, -0.05) is 44.2 Å². The number of carboxylic acids is 1. The number of aromatic nitrogens is 1. The van der Waals surface area contributed by atoms with Gasteiger partial charge in [-0.25, -0.2) is 9.18 Å². The fourth-order valence-corrected chi connectivity index (χ4v) is 4.89. The molecule has 40 heavy (non-hydrogen) atoms. The van der Waals surface area contributed by atoms with Crippen LogP contribution in [-0.4, -0.2) is 27.2 Å². The number of aliphatic carboxylic acids is 1. The Labute approximate surface area is 234 Å². The van der Waals surface area contributed by atoms with E-state index in [1.54, 1.807) is 18.2 Å². The van der Waals surface area contributed by atoms with Crippen LogP contribution in [-0.2, 0) is 17.8 Å². The molecular weight excluding hydrogens is 507 g/mol. The number of benzene rings is 3. The SMILES string of the molecule is Cc1c(Cc2cccc(OC(C)(C)C(=O)O)c2)c2ccc(C(=O)N[C@@H](C)c3ccc(F)cc3)cc2n1CC(C)C. The fraction of sp³-hybridized carbons (Fsp3) is 0.333. The molecule has 0 saturated heterocycles. The first kappa shape index (κ1) is 28.9. The van der Waals surface area contributed by atoms with Crippen molar-refractivity contribution >= 4 is 22.8 Å². The van der Waals surface area contributed by atoms with Crippen LogP contribution in [0.15, 0.2) is 66.7 Å². The maximum Gasteiger partial charge on any atom is 0.347 e. The summed E-state index contributed by atoms with van der Waals surface area (Å²) in [7, 11) is 0. The highest BCUT2D eigenvalue weighted by molar-refractivity contribution is 5.99. The Morgan fingerprint density at radius 1 is 1.02 bits per heavy atom. The van der Waals surface area contributed by atoms with Gasteiger partial charge in [-0.3, -0.25) is 4.79 Å². The lowest BCUT2D eigenvalue weighted by Gasteiger charge is -2.21. The summed E-state index contributed by atoms with van der Waals surface area (Å²) < 4.78 is 21.4. The quantitative estimate of drug-likeness (QED) is 0.224. The lowest BCUT2D eigenvalue weighted by molar-refractivity contribution is -0.152. The van der Waals surface area contributed by atoms with Crippen molar-refractivity contribution in [1.29, 1.82) is 0 Å². The largest absolute Gasteiger partial charge is 0.478 e. The number of carbonyl (C=O) groups is 2. The number of rotatable bonds is 10. The highest BCUT2D eigenvalue weighted by Crippen LogP contribution is 2.31. The van der Waals surface area contributed by atoms with Crippen LogP contribution < -0.4 is 10.1 Å². The van der Waals surface area contributed by atoms with Gasteiger partial charge in [0.1, 0.15) is 11.6 Å². The number of nitrogens with zero attached hydrogens (tertiary/aromatic N) is 1. The maximum atomic E-state index is 13.3. The average Bonchev–Trinajstić information content (AvgIpc) is 3.13. The molecule has 0 aliphatic heterocycles. The van der Waals surface area contributed by atoms with Crippen molar-refractivity contribution in [2.24, 2.45) is 5.92 Å². The van der Waals surface area contributed by atoms with E-state index in [0.29, 0.717) is 23.7 Å². The Hall–Kier alpha value is -4.13. The van der Waals surface area contributed by atoms with Crippen LogP contribution in [0.4, 0.5) is 4.39 Å². The van der Waals surface area contributed by atoms with E-state index in [1.165, 1.54) is 26.0 Å². The van der Waals surface area contributed by atoms with Crippen LogP contribution >= 0.6 is 0 Å².